The van der Waals surface area contributed by atoms with Crippen molar-refractivity contribution in [3.63, 3.8) is 0 Å². The summed E-state index contributed by atoms with van der Waals surface area (Å²) in [6, 6.07) is 0. The molecule has 0 aliphatic heterocycles. The quantitative estimate of drug-likeness (QED) is 0.0656. The number of thiazole rings is 1. The maximum absolute atomic E-state index is 15.2. The second kappa shape index (κ2) is 21.2. The summed E-state index contributed by atoms with van der Waals surface area (Å²) in [6.45, 7) is 59.5. The number of rotatable bonds is 22. The Labute approximate surface area is 380 Å². The number of Topliss-reactive ketones (excluding diaryl/α,β-unsaturated/α-hetero) is 1. The van der Waals surface area contributed by atoms with Crippen LogP contribution in [-0.4, -0.2) is 69.0 Å². The molecule has 5 atom stereocenters. The zero-order valence-corrected chi connectivity index (χ0v) is 48.9. The lowest BCUT2D eigenvalue weighted by molar-refractivity contribution is -0.141. The lowest BCUT2D eigenvalue weighted by Crippen LogP contribution is -2.54. The van der Waals surface area contributed by atoms with E-state index in [0.29, 0.717) is 13.0 Å². The molecule has 0 bridgehead atoms. The van der Waals surface area contributed by atoms with Crippen LogP contribution < -0.4 is 0 Å². The van der Waals surface area contributed by atoms with Gasteiger partial charge in [0.25, 0.3) is 0 Å². The standard InChI is InChI=1S/C49H97NO5SSi4/c1-36(30-28-27-29-31-41(53-58(21,22)46(8,9)10)37(2)34-40-35-56-39(4)50-40)43(55-60(25,26)48(14,15)16)38(3)44(51)49(17,18)42(54-59(23,24)47(11,12)13)32-33-52-57(19,20)45(5,6)7/h29,31,34-36,38,41-43H,27-28,30,32-33H2,1-26H3/b31-29-,37-34+/t36-,38+,41-,42-,43-/m0/s1. The van der Waals surface area contributed by atoms with Gasteiger partial charge in [-0.25, -0.2) is 4.98 Å². The van der Waals surface area contributed by atoms with Gasteiger partial charge in [0.05, 0.1) is 29.0 Å². The number of aromatic nitrogens is 1. The van der Waals surface area contributed by atoms with E-state index < -0.39 is 38.7 Å². The summed E-state index contributed by atoms with van der Waals surface area (Å²) in [4.78, 5) is 19.9. The number of nitrogens with zero attached hydrogens (tertiary/aromatic N) is 1. The van der Waals surface area contributed by atoms with E-state index in [1.807, 2.05) is 0 Å². The molecule has 0 fully saturated rings. The van der Waals surface area contributed by atoms with Crippen LogP contribution in [0.4, 0.5) is 0 Å². The predicted octanol–water partition coefficient (Wildman–Crippen LogP) is 16.0. The van der Waals surface area contributed by atoms with Crippen molar-refractivity contribution in [1.29, 1.82) is 0 Å². The lowest BCUT2D eigenvalue weighted by Gasteiger charge is -2.47. The van der Waals surface area contributed by atoms with E-state index in [2.05, 4.69) is 201 Å². The van der Waals surface area contributed by atoms with Gasteiger partial charge in [-0.15, -0.1) is 11.3 Å². The first-order valence-corrected chi connectivity index (χ1v) is 35.6. The molecule has 0 aliphatic rings. The second-order valence-electron chi connectivity index (χ2n) is 24.8. The van der Waals surface area contributed by atoms with Gasteiger partial charge >= 0.3 is 0 Å². The first kappa shape index (κ1) is 57.5. The smallest absolute Gasteiger partial charge is 0.193 e. The molecule has 350 valence electrons. The van der Waals surface area contributed by atoms with Gasteiger partial charge in [0.15, 0.2) is 33.3 Å². The van der Waals surface area contributed by atoms with Gasteiger partial charge in [-0.3, -0.25) is 4.79 Å². The van der Waals surface area contributed by atoms with E-state index in [0.717, 1.165) is 30.0 Å². The molecule has 0 saturated heterocycles. The number of hydrogen-bond donors (Lipinski definition) is 0. The third-order valence-electron chi connectivity index (χ3n) is 15.1. The topological polar surface area (TPSA) is 66.9 Å². The summed E-state index contributed by atoms with van der Waals surface area (Å²) in [6.07, 6.45) is 9.80. The minimum atomic E-state index is -2.23. The maximum atomic E-state index is 15.2. The molecule has 0 unspecified atom stereocenters. The Morgan fingerprint density at radius 1 is 0.717 bits per heavy atom. The first-order chi connectivity index (χ1) is 26.6. The average Bonchev–Trinajstić information content (AvgIpc) is 3.46. The number of ketones is 1. The zero-order valence-electron chi connectivity index (χ0n) is 44.1. The second-order valence-corrected chi connectivity index (χ2v) is 44.9. The number of carbonyl (C=O) groups is 1. The Bertz CT molecular complexity index is 1570. The molecule has 0 amide bonds. The Morgan fingerprint density at radius 3 is 1.63 bits per heavy atom. The molecule has 0 saturated carbocycles. The fourth-order valence-corrected chi connectivity index (χ4v) is 12.2. The molecule has 1 aromatic heterocycles. The third-order valence-corrected chi connectivity index (χ3v) is 33.8. The van der Waals surface area contributed by atoms with Crippen molar-refractivity contribution in [2.75, 3.05) is 6.61 Å². The van der Waals surface area contributed by atoms with Gasteiger partial charge in [0, 0.05) is 23.3 Å². The fraction of sp³-hybridized carbons (Fsp3) is 0.837. The molecule has 0 radical (unpaired) electrons. The summed E-state index contributed by atoms with van der Waals surface area (Å²) in [7, 11) is -8.48. The molecule has 60 heavy (non-hydrogen) atoms. The van der Waals surface area contributed by atoms with Crippen molar-refractivity contribution in [3.8, 4) is 0 Å². The molecule has 6 nitrogen and oxygen atoms in total. The van der Waals surface area contributed by atoms with Gasteiger partial charge < -0.3 is 17.7 Å². The highest BCUT2D eigenvalue weighted by Gasteiger charge is 2.50. The average molecular weight is 925 g/mol. The summed E-state index contributed by atoms with van der Waals surface area (Å²) in [5.41, 5.74) is 1.44. The van der Waals surface area contributed by atoms with Crippen molar-refractivity contribution in [2.45, 2.75) is 241 Å². The van der Waals surface area contributed by atoms with Gasteiger partial charge in [-0.2, -0.15) is 0 Å². The number of allylic oxidation sites excluding steroid dienone is 1. The van der Waals surface area contributed by atoms with Gasteiger partial charge in [-0.1, -0.05) is 123 Å². The SMILES string of the molecule is C/C(=C\c1csc(C)n1)[C@H](/C=C\CCC[C@H](C)[C@H](O[Si](C)(C)C(C)(C)C)[C@@H](C)C(=O)C(C)(C)[C@H](CCO[Si](C)(C)C(C)(C)C)O[Si](C)(C)C(C)(C)C)O[Si](C)(C)C(C)(C)C. The number of aryl methyl sites for hydroxylation is 1. The highest BCUT2D eigenvalue weighted by atomic mass is 32.1. The summed E-state index contributed by atoms with van der Waals surface area (Å²) < 4.78 is 28.3. The largest absolute Gasteiger partial charge is 0.417 e. The highest BCUT2D eigenvalue weighted by molar-refractivity contribution is 7.09. The lowest BCUT2D eigenvalue weighted by atomic mass is 9.73. The third kappa shape index (κ3) is 16.2. The van der Waals surface area contributed by atoms with Crippen LogP contribution in [0.2, 0.25) is 72.5 Å². The number of hydrogen-bond acceptors (Lipinski definition) is 7. The minimum Gasteiger partial charge on any atom is -0.417 e. The normalized spacial score (nSPS) is 17.5. The van der Waals surface area contributed by atoms with Crippen LogP contribution in [0.15, 0.2) is 23.1 Å². The van der Waals surface area contributed by atoms with Crippen molar-refractivity contribution in [3.05, 3.63) is 33.8 Å². The van der Waals surface area contributed by atoms with Crippen molar-refractivity contribution < 1.29 is 22.5 Å². The van der Waals surface area contributed by atoms with Crippen LogP contribution in [0.1, 0.15) is 154 Å². The van der Waals surface area contributed by atoms with Gasteiger partial charge in [-0.05, 0) is 130 Å². The summed E-state index contributed by atoms with van der Waals surface area (Å²) in [5, 5.41) is 3.43. The molecule has 0 N–H and O–H groups in total. The minimum absolute atomic E-state index is 0.0133. The monoisotopic (exact) mass is 924 g/mol. The Morgan fingerprint density at radius 2 is 1.18 bits per heavy atom. The Balaban J connectivity index is 3.49. The number of unbranched alkanes of at least 4 members (excludes halogenated alkanes) is 1. The first-order valence-electron chi connectivity index (χ1n) is 23.1. The van der Waals surface area contributed by atoms with Crippen LogP contribution in [0.3, 0.4) is 0 Å². The molecular weight excluding hydrogens is 827 g/mol. The maximum Gasteiger partial charge on any atom is 0.193 e. The molecule has 0 aliphatic carbocycles. The van der Waals surface area contributed by atoms with Crippen LogP contribution in [0, 0.1) is 24.2 Å². The van der Waals surface area contributed by atoms with E-state index in [9.17, 15) is 0 Å². The van der Waals surface area contributed by atoms with Crippen molar-refractivity contribution >= 4 is 56.5 Å². The molecule has 0 spiro atoms. The van der Waals surface area contributed by atoms with Crippen LogP contribution in [-0.2, 0) is 22.5 Å². The summed E-state index contributed by atoms with van der Waals surface area (Å²) >= 11 is 1.68. The molecule has 1 heterocycles. The Kier molecular flexibility index (Phi) is 20.3. The molecule has 1 aromatic rings. The molecular formula is C49H97NO5SSi4. The van der Waals surface area contributed by atoms with Gasteiger partial charge in [0.1, 0.15) is 5.78 Å². The zero-order chi connectivity index (χ0) is 47.3. The van der Waals surface area contributed by atoms with Crippen LogP contribution >= 0.6 is 11.3 Å². The van der Waals surface area contributed by atoms with Gasteiger partial charge in [0.2, 0.25) is 0 Å². The van der Waals surface area contributed by atoms with E-state index in [1.54, 1.807) is 11.3 Å². The van der Waals surface area contributed by atoms with Crippen LogP contribution in [0.25, 0.3) is 6.08 Å². The van der Waals surface area contributed by atoms with Crippen LogP contribution in [0.5, 0.6) is 0 Å². The fourth-order valence-electron chi connectivity index (χ4n) is 6.34. The number of carbonyl (C=O) groups excluding carboxylic acids is 1. The van der Waals surface area contributed by atoms with E-state index in [-0.39, 0.29) is 56.1 Å². The Hall–Kier alpha value is -0.512. The van der Waals surface area contributed by atoms with E-state index in [4.69, 9.17) is 22.7 Å². The molecule has 11 heteroatoms. The van der Waals surface area contributed by atoms with E-state index >= 15 is 4.79 Å². The van der Waals surface area contributed by atoms with Crippen molar-refractivity contribution in [2.24, 2.45) is 17.3 Å². The van der Waals surface area contributed by atoms with E-state index in [1.165, 1.54) is 5.57 Å². The molecule has 1 rings (SSSR count). The highest BCUT2D eigenvalue weighted by Crippen LogP contribution is 2.45. The predicted molar refractivity (Wildman–Crippen MR) is 275 cm³/mol. The molecule has 0 aromatic carbocycles. The summed E-state index contributed by atoms with van der Waals surface area (Å²) in [5.74, 6) is 0.131. The van der Waals surface area contributed by atoms with Crippen molar-refractivity contribution in [1.82, 2.24) is 4.98 Å².